The van der Waals surface area contributed by atoms with Crippen molar-refractivity contribution in [2.24, 2.45) is 10.4 Å². The Morgan fingerprint density at radius 3 is 2.57 bits per heavy atom. The van der Waals surface area contributed by atoms with Crippen LogP contribution in [0.5, 0.6) is 5.75 Å². The average Bonchev–Trinajstić information content (AvgIpc) is 3.18. The van der Waals surface area contributed by atoms with Gasteiger partial charge in [0.15, 0.2) is 5.96 Å². The van der Waals surface area contributed by atoms with E-state index in [1.54, 1.807) is 21.3 Å². The van der Waals surface area contributed by atoms with Crippen molar-refractivity contribution in [3.8, 4) is 11.4 Å². The molecule has 0 radical (unpaired) electrons. The molecule has 0 unspecified atom stereocenters. The van der Waals surface area contributed by atoms with Crippen LogP contribution in [0.4, 0.5) is 0 Å². The van der Waals surface area contributed by atoms with Gasteiger partial charge in [-0.25, -0.2) is 4.68 Å². The molecule has 1 heterocycles. The summed E-state index contributed by atoms with van der Waals surface area (Å²) in [5.41, 5.74) is 2.31. The molecule has 3 rings (SSSR count). The van der Waals surface area contributed by atoms with Gasteiger partial charge in [-0.2, -0.15) is 5.10 Å². The van der Waals surface area contributed by atoms with Crippen molar-refractivity contribution in [2.75, 3.05) is 34.4 Å². The standard InChI is InChI=1S/C21H31N5O2/c1-22-20(24-16-21(10-4-11-21)12-14-27-2)23-15-17-9-13-26(25-17)18-5-7-19(28-3)8-6-18/h5-9,13H,4,10-12,14-16H2,1-3H3,(H2,22,23,24). The molecule has 28 heavy (non-hydrogen) atoms. The van der Waals surface area contributed by atoms with Crippen LogP contribution >= 0.6 is 0 Å². The number of aromatic nitrogens is 2. The van der Waals surface area contributed by atoms with Crippen molar-refractivity contribution < 1.29 is 9.47 Å². The maximum atomic E-state index is 5.27. The fourth-order valence-electron chi connectivity index (χ4n) is 3.51. The Bertz CT molecular complexity index is 765. The van der Waals surface area contributed by atoms with Crippen molar-refractivity contribution >= 4 is 5.96 Å². The van der Waals surface area contributed by atoms with Crippen LogP contribution in [-0.2, 0) is 11.3 Å². The lowest BCUT2D eigenvalue weighted by atomic mass is 9.67. The molecular formula is C21H31N5O2. The number of hydrogen-bond donors (Lipinski definition) is 2. The largest absolute Gasteiger partial charge is 0.497 e. The smallest absolute Gasteiger partial charge is 0.191 e. The summed E-state index contributed by atoms with van der Waals surface area (Å²) < 4.78 is 12.3. The van der Waals surface area contributed by atoms with Gasteiger partial charge in [-0.15, -0.1) is 0 Å². The van der Waals surface area contributed by atoms with Gasteiger partial charge >= 0.3 is 0 Å². The van der Waals surface area contributed by atoms with Gasteiger partial charge in [0.25, 0.3) is 0 Å². The highest BCUT2D eigenvalue weighted by molar-refractivity contribution is 5.79. The second kappa shape index (κ2) is 9.59. The Labute approximate surface area is 167 Å². The first-order valence-corrected chi connectivity index (χ1v) is 9.80. The van der Waals surface area contributed by atoms with Crippen LogP contribution in [0.15, 0.2) is 41.5 Å². The van der Waals surface area contributed by atoms with Crippen LogP contribution in [-0.4, -0.2) is 50.2 Å². The predicted octanol–water partition coefficient (Wildman–Crippen LogP) is 2.75. The van der Waals surface area contributed by atoms with Crippen LogP contribution in [0, 0.1) is 5.41 Å². The minimum atomic E-state index is 0.351. The molecular weight excluding hydrogens is 354 g/mol. The molecule has 1 saturated carbocycles. The third kappa shape index (κ3) is 5.04. The average molecular weight is 386 g/mol. The van der Waals surface area contributed by atoms with Crippen molar-refractivity contribution in [2.45, 2.75) is 32.2 Å². The fraction of sp³-hybridized carbons (Fsp3) is 0.524. The normalized spacial score (nSPS) is 15.8. The third-order valence-electron chi connectivity index (χ3n) is 5.52. The van der Waals surface area contributed by atoms with Crippen molar-refractivity contribution in [3.63, 3.8) is 0 Å². The van der Waals surface area contributed by atoms with Gasteiger partial charge in [-0.05, 0) is 55.0 Å². The summed E-state index contributed by atoms with van der Waals surface area (Å²) in [4.78, 5) is 4.34. The highest BCUT2D eigenvalue weighted by atomic mass is 16.5. The Morgan fingerprint density at radius 1 is 1.18 bits per heavy atom. The highest BCUT2D eigenvalue weighted by Gasteiger charge is 2.36. The molecule has 1 aliphatic carbocycles. The Morgan fingerprint density at radius 2 is 1.96 bits per heavy atom. The number of nitrogens with zero attached hydrogens (tertiary/aromatic N) is 3. The van der Waals surface area contributed by atoms with E-state index < -0.39 is 0 Å². The predicted molar refractivity (Wildman–Crippen MR) is 111 cm³/mol. The maximum Gasteiger partial charge on any atom is 0.191 e. The summed E-state index contributed by atoms with van der Waals surface area (Å²) in [6, 6.07) is 9.85. The molecule has 2 aromatic rings. The SMILES string of the molecule is CN=C(NCc1ccn(-c2ccc(OC)cc2)n1)NCC1(CCOC)CCC1. The van der Waals surface area contributed by atoms with E-state index in [-0.39, 0.29) is 0 Å². The summed E-state index contributed by atoms with van der Waals surface area (Å²) in [7, 11) is 5.23. The summed E-state index contributed by atoms with van der Waals surface area (Å²) in [5.74, 6) is 1.64. The van der Waals surface area contributed by atoms with Gasteiger partial charge in [0.2, 0.25) is 0 Å². The monoisotopic (exact) mass is 385 g/mol. The van der Waals surface area contributed by atoms with E-state index in [1.807, 2.05) is 41.2 Å². The molecule has 7 heteroatoms. The molecule has 1 aromatic carbocycles. The quantitative estimate of drug-likeness (QED) is 0.513. The Kier molecular flexibility index (Phi) is 6.92. The van der Waals surface area contributed by atoms with Crippen molar-refractivity contribution in [1.82, 2.24) is 20.4 Å². The summed E-state index contributed by atoms with van der Waals surface area (Å²) >= 11 is 0. The molecule has 1 fully saturated rings. The number of benzene rings is 1. The van der Waals surface area contributed by atoms with Crippen LogP contribution in [0.2, 0.25) is 0 Å². The maximum absolute atomic E-state index is 5.27. The number of nitrogens with one attached hydrogen (secondary N) is 2. The first-order chi connectivity index (χ1) is 13.7. The van der Waals surface area contributed by atoms with E-state index in [1.165, 1.54) is 19.3 Å². The van der Waals surface area contributed by atoms with Crippen LogP contribution in [0.3, 0.4) is 0 Å². The third-order valence-corrected chi connectivity index (χ3v) is 5.52. The number of rotatable bonds is 9. The lowest BCUT2D eigenvalue weighted by Crippen LogP contribution is -2.46. The fourth-order valence-corrected chi connectivity index (χ4v) is 3.51. The second-order valence-corrected chi connectivity index (χ2v) is 7.33. The summed E-state index contributed by atoms with van der Waals surface area (Å²) in [6.45, 7) is 2.36. The second-order valence-electron chi connectivity index (χ2n) is 7.33. The Hall–Kier alpha value is -2.54. The molecule has 0 saturated heterocycles. The van der Waals surface area contributed by atoms with Gasteiger partial charge in [-0.1, -0.05) is 6.42 Å². The minimum absolute atomic E-state index is 0.351. The lowest BCUT2D eigenvalue weighted by Gasteiger charge is -2.42. The molecule has 0 atom stereocenters. The zero-order valence-electron chi connectivity index (χ0n) is 17.1. The minimum Gasteiger partial charge on any atom is -0.497 e. The van der Waals surface area contributed by atoms with Gasteiger partial charge in [0.05, 0.1) is 25.0 Å². The molecule has 0 amide bonds. The molecule has 2 N–H and O–H groups in total. The van der Waals surface area contributed by atoms with E-state index in [0.29, 0.717) is 12.0 Å². The number of ether oxygens (including phenoxy) is 2. The van der Waals surface area contributed by atoms with Crippen molar-refractivity contribution in [1.29, 1.82) is 0 Å². The zero-order chi connectivity index (χ0) is 19.8. The van der Waals surface area contributed by atoms with Gasteiger partial charge < -0.3 is 20.1 Å². The van der Waals surface area contributed by atoms with E-state index in [4.69, 9.17) is 9.47 Å². The number of aliphatic imine (C=N–C) groups is 1. The Balaban J connectivity index is 1.50. The zero-order valence-corrected chi connectivity index (χ0v) is 17.1. The van der Waals surface area contributed by atoms with Gasteiger partial charge in [0.1, 0.15) is 5.75 Å². The molecule has 152 valence electrons. The van der Waals surface area contributed by atoms with Crippen molar-refractivity contribution in [3.05, 3.63) is 42.2 Å². The number of hydrogen-bond acceptors (Lipinski definition) is 4. The first-order valence-electron chi connectivity index (χ1n) is 9.80. The van der Waals surface area contributed by atoms with E-state index >= 15 is 0 Å². The molecule has 7 nitrogen and oxygen atoms in total. The number of guanidine groups is 1. The molecule has 1 aliphatic rings. The molecule has 1 aromatic heterocycles. The van der Waals surface area contributed by atoms with Crippen LogP contribution < -0.4 is 15.4 Å². The summed E-state index contributed by atoms with van der Waals surface area (Å²) in [6.07, 6.45) is 6.88. The first kappa shape index (κ1) is 20.2. The highest BCUT2D eigenvalue weighted by Crippen LogP contribution is 2.43. The van der Waals surface area contributed by atoms with Crippen LogP contribution in [0.1, 0.15) is 31.4 Å². The molecule has 0 aliphatic heterocycles. The van der Waals surface area contributed by atoms with Crippen LogP contribution in [0.25, 0.3) is 5.69 Å². The summed E-state index contributed by atoms with van der Waals surface area (Å²) in [5, 5.41) is 11.5. The van der Waals surface area contributed by atoms with Gasteiger partial charge in [0, 0.05) is 33.5 Å². The molecule has 0 bridgehead atoms. The van der Waals surface area contributed by atoms with E-state index in [9.17, 15) is 0 Å². The van der Waals surface area contributed by atoms with E-state index in [2.05, 4.69) is 20.7 Å². The van der Waals surface area contributed by atoms with Gasteiger partial charge in [-0.3, -0.25) is 4.99 Å². The topological polar surface area (TPSA) is 72.7 Å². The van der Waals surface area contributed by atoms with E-state index in [0.717, 1.165) is 42.7 Å². The number of methoxy groups -OCH3 is 2. The molecule has 0 spiro atoms. The lowest BCUT2D eigenvalue weighted by molar-refractivity contribution is 0.0732.